The summed E-state index contributed by atoms with van der Waals surface area (Å²) in [6, 6.07) is 12.3. The molecule has 0 saturated carbocycles. The Bertz CT molecular complexity index is 593. The third-order valence-electron chi connectivity index (χ3n) is 3.56. The zero-order valence-corrected chi connectivity index (χ0v) is 10.3. The van der Waals surface area contributed by atoms with Gasteiger partial charge in [-0.3, -0.25) is 0 Å². The van der Waals surface area contributed by atoms with E-state index in [4.69, 9.17) is 5.73 Å². The van der Waals surface area contributed by atoms with Crippen LogP contribution in [-0.4, -0.2) is 13.1 Å². The Morgan fingerprint density at radius 2 is 1.68 bits per heavy atom. The van der Waals surface area contributed by atoms with Gasteiger partial charge in [-0.15, -0.1) is 0 Å². The number of hydrogen-bond acceptors (Lipinski definition) is 2. The van der Waals surface area contributed by atoms with Crippen molar-refractivity contribution in [2.75, 3.05) is 23.7 Å². The van der Waals surface area contributed by atoms with Gasteiger partial charge in [0.2, 0.25) is 0 Å². The maximum atomic E-state index is 13.7. The molecule has 1 heterocycles. The van der Waals surface area contributed by atoms with Crippen molar-refractivity contribution in [2.24, 2.45) is 0 Å². The van der Waals surface area contributed by atoms with E-state index in [1.807, 2.05) is 23.1 Å². The van der Waals surface area contributed by atoms with Gasteiger partial charge in [-0.05, 0) is 11.6 Å². The van der Waals surface area contributed by atoms with Gasteiger partial charge in [0.05, 0.1) is 11.4 Å². The molecule has 1 saturated heterocycles. The number of nitrogens with two attached hydrogens (primary N) is 1. The van der Waals surface area contributed by atoms with Crippen LogP contribution >= 0.6 is 0 Å². The third-order valence-corrected chi connectivity index (χ3v) is 3.56. The SMILES string of the molecule is Nc1cc(N2CC(c3ccccc3)C2)c(F)cc1F. The van der Waals surface area contributed by atoms with Crippen LogP contribution in [0.2, 0.25) is 0 Å². The van der Waals surface area contributed by atoms with Crippen LogP contribution in [0.4, 0.5) is 20.2 Å². The smallest absolute Gasteiger partial charge is 0.149 e. The molecule has 1 aliphatic heterocycles. The quantitative estimate of drug-likeness (QED) is 0.840. The molecule has 19 heavy (non-hydrogen) atoms. The summed E-state index contributed by atoms with van der Waals surface area (Å²) in [4.78, 5) is 1.88. The van der Waals surface area contributed by atoms with Crippen LogP contribution in [0, 0.1) is 11.6 Å². The molecule has 2 aromatic rings. The van der Waals surface area contributed by atoms with Gasteiger partial charge in [-0.2, -0.15) is 0 Å². The van der Waals surface area contributed by atoms with Crippen LogP contribution in [0.1, 0.15) is 11.5 Å². The monoisotopic (exact) mass is 260 g/mol. The number of rotatable bonds is 2. The normalized spacial score (nSPS) is 15.4. The highest BCUT2D eigenvalue weighted by Crippen LogP contribution is 2.34. The molecule has 2 N–H and O–H groups in total. The summed E-state index contributed by atoms with van der Waals surface area (Å²) in [5.41, 5.74) is 7.09. The first-order valence-electron chi connectivity index (χ1n) is 6.19. The van der Waals surface area contributed by atoms with Crippen LogP contribution in [-0.2, 0) is 0 Å². The van der Waals surface area contributed by atoms with Gasteiger partial charge < -0.3 is 10.6 Å². The van der Waals surface area contributed by atoms with Gasteiger partial charge >= 0.3 is 0 Å². The maximum absolute atomic E-state index is 13.7. The highest BCUT2D eigenvalue weighted by atomic mass is 19.1. The Labute approximate surface area is 110 Å². The molecule has 0 spiro atoms. The fraction of sp³-hybridized carbons (Fsp3) is 0.200. The average Bonchev–Trinajstić information content (AvgIpc) is 2.35. The van der Waals surface area contributed by atoms with E-state index in [9.17, 15) is 8.78 Å². The van der Waals surface area contributed by atoms with E-state index in [0.717, 1.165) is 19.2 Å². The largest absolute Gasteiger partial charge is 0.396 e. The second-order valence-electron chi connectivity index (χ2n) is 4.84. The fourth-order valence-electron chi connectivity index (χ4n) is 2.41. The highest BCUT2D eigenvalue weighted by Gasteiger charge is 2.30. The lowest BCUT2D eigenvalue weighted by molar-refractivity contribution is 0.506. The Kier molecular flexibility index (Phi) is 2.85. The predicted molar refractivity (Wildman–Crippen MR) is 72.2 cm³/mol. The van der Waals surface area contributed by atoms with Crippen LogP contribution in [0.15, 0.2) is 42.5 Å². The first-order chi connectivity index (χ1) is 9.15. The summed E-state index contributed by atoms with van der Waals surface area (Å²) in [6.45, 7) is 1.46. The zero-order chi connectivity index (χ0) is 13.4. The second-order valence-corrected chi connectivity index (χ2v) is 4.84. The summed E-state index contributed by atoms with van der Waals surface area (Å²) in [5, 5.41) is 0. The molecule has 98 valence electrons. The molecular weight excluding hydrogens is 246 g/mol. The van der Waals surface area contributed by atoms with E-state index >= 15 is 0 Å². The zero-order valence-electron chi connectivity index (χ0n) is 10.3. The fourth-order valence-corrected chi connectivity index (χ4v) is 2.41. The van der Waals surface area contributed by atoms with Gasteiger partial charge in [0.1, 0.15) is 11.6 Å². The molecule has 0 aromatic heterocycles. The van der Waals surface area contributed by atoms with Crippen LogP contribution in [0.5, 0.6) is 0 Å². The summed E-state index contributed by atoms with van der Waals surface area (Å²) in [7, 11) is 0. The minimum absolute atomic E-state index is 0.0143. The van der Waals surface area contributed by atoms with Crippen molar-refractivity contribution in [3.8, 4) is 0 Å². The van der Waals surface area contributed by atoms with Gasteiger partial charge in [-0.1, -0.05) is 30.3 Å². The van der Waals surface area contributed by atoms with E-state index in [1.165, 1.54) is 11.6 Å². The Morgan fingerprint density at radius 1 is 1.00 bits per heavy atom. The van der Waals surface area contributed by atoms with E-state index in [0.29, 0.717) is 11.6 Å². The molecule has 2 aromatic carbocycles. The van der Waals surface area contributed by atoms with Crippen molar-refractivity contribution in [3.05, 3.63) is 59.7 Å². The Morgan fingerprint density at radius 3 is 2.37 bits per heavy atom. The summed E-state index contributed by atoms with van der Waals surface area (Å²) >= 11 is 0. The Hall–Kier alpha value is -2.10. The Balaban J connectivity index is 1.76. The molecule has 3 rings (SSSR count). The maximum Gasteiger partial charge on any atom is 0.149 e. The van der Waals surface area contributed by atoms with Crippen molar-refractivity contribution in [2.45, 2.75) is 5.92 Å². The molecule has 0 bridgehead atoms. The lowest BCUT2D eigenvalue weighted by atomic mass is 9.91. The molecule has 4 heteroatoms. The highest BCUT2D eigenvalue weighted by molar-refractivity contribution is 5.60. The van der Waals surface area contributed by atoms with E-state index in [-0.39, 0.29) is 5.69 Å². The van der Waals surface area contributed by atoms with Gasteiger partial charge in [-0.25, -0.2) is 8.78 Å². The number of nitrogens with zero attached hydrogens (tertiary/aromatic N) is 1. The van der Waals surface area contributed by atoms with Gasteiger partial charge in [0.25, 0.3) is 0 Å². The third kappa shape index (κ3) is 2.14. The van der Waals surface area contributed by atoms with E-state index in [2.05, 4.69) is 12.1 Å². The summed E-state index contributed by atoms with van der Waals surface area (Å²) in [6.07, 6.45) is 0. The van der Waals surface area contributed by atoms with Crippen molar-refractivity contribution in [3.63, 3.8) is 0 Å². The molecule has 1 fully saturated rings. The number of anilines is 2. The predicted octanol–water partition coefficient (Wildman–Crippen LogP) is 3.15. The van der Waals surface area contributed by atoms with Crippen molar-refractivity contribution in [1.82, 2.24) is 0 Å². The molecule has 2 nitrogen and oxygen atoms in total. The second kappa shape index (κ2) is 4.53. The molecule has 0 aliphatic carbocycles. The minimum Gasteiger partial charge on any atom is -0.396 e. The number of halogens is 2. The molecule has 1 aliphatic rings. The van der Waals surface area contributed by atoms with Crippen LogP contribution in [0.3, 0.4) is 0 Å². The standard InChI is InChI=1S/C15H14F2N2/c16-12-6-13(17)15(7-14(12)18)19-8-11(9-19)10-4-2-1-3-5-10/h1-7,11H,8-9,18H2. The van der Waals surface area contributed by atoms with E-state index in [1.54, 1.807) is 0 Å². The molecule has 0 amide bonds. The lowest BCUT2D eigenvalue weighted by Crippen LogP contribution is -2.45. The van der Waals surface area contributed by atoms with Crippen molar-refractivity contribution < 1.29 is 8.78 Å². The summed E-state index contributed by atoms with van der Waals surface area (Å²) in [5.74, 6) is -0.869. The number of benzene rings is 2. The minimum atomic E-state index is -0.707. The van der Waals surface area contributed by atoms with Crippen LogP contribution in [0.25, 0.3) is 0 Å². The lowest BCUT2D eigenvalue weighted by Gasteiger charge is -2.41. The topological polar surface area (TPSA) is 29.3 Å². The number of nitrogen functional groups attached to an aromatic ring is 1. The average molecular weight is 260 g/mol. The van der Waals surface area contributed by atoms with Gasteiger partial charge in [0, 0.05) is 25.1 Å². The van der Waals surface area contributed by atoms with Crippen LogP contribution < -0.4 is 10.6 Å². The van der Waals surface area contributed by atoms with Gasteiger partial charge in [0.15, 0.2) is 0 Å². The van der Waals surface area contributed by atoms with Crippen molar-refractivity contribution in [1.29, 1.82) is 0 Å². The number of hydrogen-bond donors (Lipinski definition) is 1. The molecular formula is C15H14F2N2. The first-order valence-corrected chi connectivity index (χ1v) is 6.19. The summed E-state index contributed by atoms with van der Waals surface area (Å²) < 4.78 is 26.8. The van der Waals surface area contributed by atoms with Crippen molar-refractivity contribution >= 4 is 11.4 Å². The first kappa shape index (κ1) is 12.0. The molecule has 0 unspecified atom stereocenters. The molecule has 0 radical (unpaired) electrons. The molecule has 0 atom stereocenters. The van der Waals surface area contributed by atoms with E-state index < -0.39 is 11.6 Å².